The Labute approximate surface area is 471 Å². The third-order valence-electron chi connectivity index (χ3n) is 13.1. The van der Waals surface area contributed by atoms with Gasteiger partial charge in [0.15, 0.2) is 0 Å². The second kappa shape index (κ2) is 27.8. The number of nitrogens with one attached hydrogen (secondary N) is 3. The Morgan fingerprint density at radius 3 is 1.43 bits per heavy atom. The van der Waals surface area contributed by atoms with Crippen LogP contribution in [0.15, 0.2) is 114 Å². The third-order valence-corrected chi connectivity index (χ3v) is 14.9. The normalized spacial score (nSPS) is 15.9. The maximum atomic E-state index is 12.8. The van der Waals surface area contributed by atoms with Gasteiger partial charge in [0.2, 0.25) is 6.08 Å². The van der Waals surface area contributed by atoms with Crippen molar-refractivity contribution in [1.82, 2.24) is 15.1 Å². The third kappa shape index (κ3) is 14.1. The summed E-state index contributed by atoms with van der Waals surface area (Å²) in [6.45, 7) is 7.98. The molecule has 9 rings (SSSR count). The molecule has 3 atom stereocenters. The first kappa shape index (κ1) is 59.1. The molecule has 0 bridgehead atoms. The van der Waals surface area contributed by atoms with Crippen molar-refractivity contribution in [2.45, 2.75) is 64.8 Å². The van der Waals surface area contributed by atoms with E-state index in [0.29, 0.717) is 84.6 Å². The molecule has 0 saturated carbocycles. The quantitative estimate of drug-likeness (QED) is 0.0717. The molecule has 0 spiro atoms. The van der Waals surface area contributed by atoms with Crippen LogP contribution in [0.25, 0.3) is 0 Å². The van der Waals surface area contributed by atoms with Crippen LogP contribution >= 0.6 is 69.6 Å². The fraction of sp³-hybridized carbons (Fsp3) is 0.268. The molecule has 0 fully saturated rings. The molecule has 0 radical (unpaired) electrons. The lowest BCUT2D eigenvalue weighted by atomic mass is 9.90. The van der Waals surface area contributed by atoms with E-state index in [2.05, 4.69) is 33.9 Å². The number of ether oxygens (including phenoxy) is 2. The van der Waals surface area contributed by atoms with Gasteiger partial charge in [0.25, 0.3) is 0 Å². The van der Waals surface area contributed by atoms with Crippen molar-refractivity contribution < 1.29 is 38.6 Å². The van der Waals surface area contributed by atoms with Gasteiger partial charge < -0.3 is 40.3 Å². The topological polar surface area (TPSA) is 179 Å². The standard InChI is InChI=1S/C19H18Cl2N2O3.C18H18Cl2N2O2.C12H15NO2.C7H3Cl2NO/c1-11-12-5-3-6-14(18(24)26-2)13(12)9-10-23(11)19(25)22-17-15(20)7-4-8-16(17)21;1-11-13-5-2-4-12(10-23)14(13)8-9-22(11)18(24)21-17-15(19)6-3-7-16(17)20;1-8-9-4-3-5-11(12(14)15-2)10(9)6-7-13-8;8-5-2-1-3-6(9)7(5)10-4-11/h3-8,11H,9-10H2,1-2H3,(H,22,25);2-7,11,23H,8-10H2,1H3,(H,21,24);3-5,8,13H,6-7H2,1-2H3;1-3H/t2*11-;8-;/m000./s1. The summed E-state index contributed by atoms with van der Waals surface area (Å²) in [7, 11) is 2.79. The van der Waals surface area contributed by atoms with E-state index in [4.69, 9.17) is 79.1 Å². The number of isocyanates is 1. The molecular weight excluding hydrogens is 1100 g/mol. The SMILES string of the molecule is COC(=O)c1cccc2c1CCN(C(=O)Nc1c(Cl)cccc1Cl)[C@H]2C.COC(=O)c1cccc2c1CCN[C@H]2C.C[C@H]1c2cccc(CO)c2CCN1C(=O)Nc1c(Cl)cccc1Cl.O=C=Nc1c(Cl)cccc1Cl. The molecule has 0 saturated heterocycles. The van der Waals surface area contributed by atoms with Crippen LogP contribution in [0, 0.1) is 0 Å². The fourth-order valence-electron chi connectivity index (χ4n) is 9.17. The van der Waals surface area contributed by atoms with Crippen molar-refractivity contribution in [2.24, 2.45) is 4.99 Å². The Morgan fingerprint density at radius 1 is 0.592 bits per heavy atom. The van der Waals surface area contributed by atoms with Crippen molar-refractivity contribution in [2.75, 3.05) is 44.5 Å². The summed E-state index contributed by atoms with van der Waals surface area (Å²) < 4.78 is 9.63. The molecule has 3 aliphatic heterocycles. The molecule has 3 heterocycles. The zero-order valence-electron chi connectivity index (χ0n) is 42.0. The van der Waals surface area contributed by atoms with Crippen LogP contribution in [0.4, 0.5) is 26.7 Å². The summed E-state index contributed by atoms with van der Waals surface area (Å²) in [6, 6.07) is 31.6. The van der Waals surface area contributed by atoms with Crippen LogP contribution in [0.3, 0.4) is 0 Å². The van der Waals surface area contributed by atoms with E-state index < -0.39 is 0 Å². The second-order valence-corrected chi connectivity index (χ2v) is 19.8. The smallest absolute Gasteiger partial charge is 0.338 e. The predicted octanol–water partition coefficient (Wildman–Crippen LogP) is 14.2. The second-order valence-electron chi connectivity index (χ2n) is 17.4. The molecule has 20 heteroatoms. The minimum atomic E-state index is -0.366. The van der Waals surface area contributed by atoms with Crippen molar-refractivity contribution in [3.8, 4) is 0 Å². The highest BCUT2D eigenvalue weighted by Gasteiger charge is 2.32. The number of hydrogen-bond acceptors (Lipinski definition) is 10. The van der Waals surface area contributed by atoms with Gasteiger partial charge in [0.1, 0.15) is 5.69 Å². The zero-order chi connectivity index (χ0) is 55.2. The summed E-state index contributed by atoms with van der Waals surface area (Å²) in [4.78, 5) is 65.7. The molecule has 0 aromatic heterocycles. The minimum Gasteiger partial charge on any atom is -0.465 e. The van der Waals surface area contributed by atoms with E-state index in [9.17, 15) is 29.1 Å². The first-order chi connectivity index (χ1) is 36.4. The Bertz CT molecular complexity index is 3090. The summed E-state index contributed by atoms with van der Waals surface area (Å²) >= 11 is 35.8. The summed E-state index contributed by atoms with van der Waals surface area (Å²) in [5, 5.41) is 20.7. The monoisotopic (exact) mass is 1150 g/mol. The van der Waals surface area contributed by atoms with E-state index in [1.165, 1.54) is 25.9 Å². The highest BCUT2D eigenvalue weighted by Crippen LogP contribution is 2.37. The number of urea groups is 2. The molecule has 6 aromatic carbocycles. The van der Waals surface area contributed by atoms with Gasteiger partial charge >= 0.3 is 24.0 Å². The number of nitrogens with zero attached hydrogens (tertiary/aromatic N) is 3. The van der Waals surface area contributed by atoms with Gasteiger partial charge in [0, 0.05) is 19.1 Å². The Kier molecular flexibility index (Phi) is 21.6. The summed E-state index contributed by atoms with van der Waals surface area (Å²) in [5.41, 5.74) is 9.66. The van der Waals surface area contributed by atoms with E-state index in [1.54, 1.807) is 76.5 Å². The van der Waals surface area contributed by atoms with Gasteiger partial charge in [-0.3, -0.25) is 0 Å². The van der Waals surface area contributed by atoms with Gasteiger partial charge in [-0.15, -0.1) is 0 Å². The van der Waals surface area contributed by atoms with Gasteiger partial charge in [-0.1, -0.05) is 130 Å². The van der Waals surface area contributed by atoms with E-state index >= 15 is 0 Å². The van der Waals surface area contributed by atoms with Gasteiger partial charge in [0.05, 0.1) is 85.5 Å². The first-order valence-electron chi connectivity index (χ1n) is 23.9. The number of carbonyl (C=O) groups excluding carboxylic acids is 5. The largest absolute Gasteiger partial charge is 0.465 e. The van der Waals surface area contributed by atoms with E-state index in [-0.39, 0.29) is 48.4 Å². The summed E-state index contributed by atoms with van der Waals surface area (Å²) in [6.07, 6.45) is 3.54. The average Bonchev–Trinajstić information content (AvgIpc) is 3.42. The van der Waals surface area contributed by atoms with Crippen molar-refractivity contribution >= 4 is 117 Å². The molecule has 6 aromatic rings. The van der Waals surface area contributed by atoms with Crippen molar-refractivity contribution in [3.05, 3.63) is 189 Å². The number of para-hydroxylation sites is 3. The van der Waals surface area contributed by atoms with Crippen LogP contribution in [-0.2, 0) is 40.1 Å². The Hall–Kier alpha value is -6.16. The van der Waals surface area contributed by atoms with Gasteiger partial charge in [-0.2, -0.15) is 4.99 Å². The van der Waals surface area contributed by atoms with Crippen LogP contribution in [0.5, 0.6) is 0 Å². The number of anilines is 2. The maximum absolute atomic E-state index is 12.8. The van der Waals surface area contributed by atoms with Crippen LogP contribution < -0.4 is 16.0 Å². The number of fused-ring (bicyclic) bond motifs is 3. The van der Waals surface area contributed by atoms with Crippen LogP contribution in [0.1, 0.15) is 98.6 Å². The van der Waals surface area contributed by atoms with Crippen molar-refractivity contribution in [1.29, 1.82) is 0 Å². The van der Waals surface area contributed by atoms with Crippen molar-refractivity contribution in [3.63, 3.8) is 0 Å². The van der Waals surface area contributed by atoms with Crippen LogP contribution in [-0.4, -0.2) is 78.8 Å². The molecule has 0 aliphatic carbocycles. The lowest BCUT2D eigenvalue weighted by Crippen LogP contribution is -2.42. The molecular formula is C56H54Cl6N6O8. The number of aliphatic imine (C=N–C) groups is 1. The average molecular weight is 1150 g/mol. The maximum Gasteiger partial charge on any atom is 0.338 e. The molecule has 76 heavy (non-hydrogen) atoms. The molecule has 4 N–H and O–H groups in total. The molecule has 0 unspecified atom stereocenters. The number of carbonyl (C=O) groups is 4. The predicted molar refractivity (Wildman–Crippen MR) is 301 cm³/mol. The number of amides is 4. The number of rotatable bonds is 6. The van der Waals surface area contributed by atoms with Gasteiger partial charge in [-0.25, -0.2) is 24.0 Å². The molecule has 398 valence electrons. The molecule has 3 aliphatic rings. The van der Waals surface area contributed by atoms with Gasteiger partial charge in [-0.05, 0) is 134 Å². The van der Waals surface area contributed by atoms with Crippen LogP contribution in [0.2, 0.25) is 30.1 Å². The number of halogens is 6. The van der Waals surface area contributed by atoms with E-state index in [0.717, 1.165) is 46.3 Å². The highest BCUT2D eigenvalue weighted by molar-refractivity contribution is 6.40. The fourth-order valence-corrected chi connectivity index (χ4v) is 10.6. The lowest BCUT2D eigenvalue weighted by Gasteiger charge is -2.36. The lowest BCUT2D eigenvalue weighted by molar-refractivity contribution is 0.0589. The number of esters is 2. The number of methoxy groups -OCH3 is 2. The molecule has 14 nitrogen and oxygen atoms in total. The number of aliphatic hydroxyl groups excluding tert-OH is 1. The minimum absolute atomic E-state index is 0.0112. The number of aliphatic hydroxyl groups is 1. The molecule has 4 amide bonds. The zero-order valence-corrected chi connectivity index (χ0v) is 46.5. The number of hydrogen-bond donors (Lipinski definition) is 4. The Morgan fingerprint density at radius 2 is 0.987 bits per heavy atom. The Balaban J connectivity index is 0.000000173. The first-order valence-corrected chi connectivity index (χ1v) is 26.1. The number of benzene rings is 6. The van der Waals surface area contributed by atoms with E-state index in [1.807, 2.05) is 50.2 Å². The highest BCUT2D eigenvalue weighted by atomic mass is 35.5. The summed E-state index contributed by atoms with van der Waals surface area (Å²) in [5.74, 6) is -0.601.